The molecule has 0 bridgehead atoms. The van der Waals surface area contributed by atoms with Crippen LogP contribution < -0.4 is 0 Å². The van der Waals surface area contributed by atoms with Crippen LogP contribution in [0.3, 0.4) is 0 Å². The Morgan fingerprint density at radius 2 is 1.43 bits per heavy atom. The van der Waals surface area contributed by atoms with Gasteiger partial charge < -0.3 is 19.4 Å². The molecular formula is C22H44NO5+. The molecule has 0 aromatic heterocycles. The summed E-state index contributed by atoms with van der Waals surface area (Å²) in [6.07, 6.45) is 11.0. The van der Waals surface area contributed by atoms with E-state index in [2.05, 4.69) is 6.92 Å². The van der Waals surface area contributed by atoms with Crippen molar-refractivity contribution in [2.75, 3.05) is 27.7 Å². The molecule has 166 valence electrons. The minimum Gasteiger partial charge on any atom is -0.481 e. The van der Waals surface area contributed by atoms with Crippen LogP contribution in [0.15, 0.2) is 0 Å². The van der Waals surface area contributed by atoms with Crippen molar-refractivity contribution in [3.8, 4) is 0 Å². The summed E-state index contributed by atoms with van der Waals surface area (Å²) in [6, 6.07) is 0. The van der Waals surface area contributed by atoms with E-state index in [9.17, 15) is 14.7 Å². The first-order chi connectivity index (χ1) is 13.1. The Morgan fingerprint density at radius 1 is 0.893 bits per heavy atom. The van der Waals surface area contributed by atoms with Gasteiger partial charge in [-0.05, 0) is 19.3 Å². The number of hydrogen-bond acceptors (Lipinski definition) is 4. The molecule has 2 N–H and O–H groups in total. The van der Waals surface area contributed by atoms with E-state index in [1.807, 2.05) is 21.1 Å². The monoisotopic (exact) mass is 402 g/mol. The molecule has 6 heteroatoms. The van der Waals surface area contributed by atoms with Gasteiger partial charge >= 0.3 is 11.9 Å². The van der Waals surface area contributed by atoms with Crippen LogP contribution in [0.4, 0.5) is 0 Å². The van der Waals surface area contributed by atoms with Gasteiger partial charge in [-0.3, -0.25) is 9.59 Å². The Kier molecular flexibility index (Phi) is 15.1. The van der Waals surface area contributed by atoms with E-state index >= 15 is 0 Å². The van der Waals surface area contributed by atoms with Crippen molar-refractivity contribution < 1.29 is 29.0 Å². The third kappa shape index (κ3) is 18.2. The van der Waals surface area contributed by atoms with Crippen molar-refractivity contribution in [2.24, 2.45) is 0 Å². The third-order valence-corrected chi connectivity index (χ3v) is 4.76. The molecule has 0 amide bonds. The van der Waals surface area contributed by atoms with Crippen molar-refractivity contribution in [3.05, 3.63) is 0 Å². The molecule has 28 heavy (non-hydrogen) atoms. The van der Waals surface area contributed by atoms with Crippen LogP contribution in [0.2, 0.25) is 0 Å². The fourth-order valence-electron chi connectivity index (χ4n) is 3.33. The molecule has 0 aliphatic rings. The number of carboxylic acid groups (broad SMARTS) is 1. The second-order valence-electron chi connectivity index (χ2n) is 8.99. The average Bonchev–Trinajstić information content (AvgIpc) is 2.55. The SMILES string of the molecule is CCCCCCCCCCC(O)CCCC(=O)OC(CC(=O)O)C[N+](C)(C)C. The quantitative estimate of drug-likeness (QED) is 0.204. The largest absolute Gasteiger partial charge is 0.481 e. The minimum atomic E-state index is -0.966. The number of quaternary nitrogens is 1. The smallest absolute Gasteiger partial charge is 0.307 e. The number of carboxylic acids is 1. The zero-order valence-electron chi connectivity index (χ0n) is 18.6. The Labute approximate surface area is 171 Å². The first-order valence-corrected chi connectivity index (χ1v) is 11.0. The number of nitrogens with zero attached hydrogens (tertiary/aromatic N) is 1. The van der Waals surface area contributed by atoms with Gasteiger partial charge in [0, 0.05) is 6.42 Å². The summed E-state index contributed by atoms with van der Waals surface area (Å²) >= 11 is 0. The van der Waals surface area contributed by atoms with E-state index in [4.69, 9.17) is 9.84 Å². The van der Waals surface area contributed by atoms with Crippen LogP contribution in [0, 0.1) is 0 Å². The number of likely N-dealkylation sites (N-methyl/N-ethyl adjacent to an activating group) is 1. The van der Waals surface area contributed by atoms with Gasteiger partial charge in [-0.25, -0.2) is 0 Å². The lowest BCUT2D eigenvalue weighted by Gasteiger charge is -2.28. The molecule has 0 fully saturated rings. The van der Waals surface area contributed by atoms with Crippen LogP contribution in [0.5, 0.6) is 0 Å². The second kappa shape index (κ2) is 15.7. The third-order valence-electron chi connectivity index (χ3n) is 4.76. The molecule has 2 unspecified atom stereocenters. The Morgan fingerprint density at radius 3 is 1.96 bits per heavy atom. The molecule has 0 heterocycles. The zero-order chi connectivity index (χ0) is 21.4. The predicted octanol–water partition coefficient (Wildman–Crippen LogP) is 4.14. The average molecular weight is 403 g/mol. The van der Waals surface area contributed by atoms with E-state index < -0.39 is 12.1 Å². The van der Waals surface area contributed by atoms with Crippen LogP contribution in [-0.2, 0) is 14.3 Å². The number of unbranched alkanes of at least 4 members (excludes halogenated alkanes) is 7. The van der Waals surface area contributed by atoms with E-state index in [1.165, 1.54) is 38.5 Å². The molecule has 6 nitrogen and oxygen atoms in total. The highest BCUT2D eigenvalue weighted by molar-refractivity contribution is 5.71. The van der Waals surface area contributed by atoms with Crippen LogP contribution in [-0.4, -0.2) is 66.5 Å². The molecule has 0 rings (SSSR count). The summed E-state index contributed by atoms with van der Waals surface area (Å²) in [4.78, 5) is 23.0. The van der Waals surface area contributed by atoms with Gasteiger partial charge in [-0.15, -0.1) is 0 Å². The summed E-state index contributed by atoms with van der Waals surface area (Å²) in [6.45, 7) is 2.68. The molecule has 0 spiro atoms. The molecule has 0 aromatic rings. The molecule has 0 aromatic carbocycles. The summed E-state index contributed by atoms with van der Waals surface area (Å²) in [5.41, 5.74) is 0. The molecule has 0 saturated heterocycles. The highest BCUT2D eigenvalue weighted by atomic mass is 16.5. The normalized spacial score (nSPS) is 13.9. The fraction of sp³-hybridized carbons (Fsp3) is 0.909. The molecule has 0 saturated carbocycles. The standard InChI is InChI=1S/C22H43NO5/c1-5-6-7-8-9-10-11-12-14-19(24)15-13-16-22(27)28-20(17-21(25)26)18-23(2,3)4/h19-20,24H,5-18H2,1-4H3/p+1. The number of carbonyl (C=O) groups is 2. The first kappa shape index (κ1) is 26.9. The minimum absolute atomic E-state index is 0.178. The Hall–Kier alpha value is -1.14. The van der Waals surface area contributed by atoms with Gasteiger partial charge in [-0.1, -0.05) is 58.3 Å². The Bertz CT molecular complexity index is 420. The number of aliphatic hydroxyl groups excluding tert-OH is 1. The van der Waals surface area contributed by atoms with Gasteiger partial charge in [-0.2, -0.15) is 0 Å². The number of esters is 1. The number of aliphatic carboxylic acids is 1. The van der Waals surface area contributed by atoms with Crippen molar-refractivity contribution in [1.82, 2.24) is 0 Å². The van der Waals surface area contributed by atoms with E-state index in [0.717, 1.165) is 19.3 Å². The second-order valence-corrected chi connectivity index (χ2v) is 8.99. The lowest BCUT2D eigenvalue weighted by Crippen LogP contribution is -2.43. The summed E-state index contributed by atoms with van der Waals surface area (Å²) in [5, 5.41) is 19.0. The number of aliphatic hydroxyl groups is 1. The Balaban J connectivity index is 3.85. The van der Waals surface area contributed by atoms with E-state index in [1.54, 1.807) is 0 Å². The van der Waals surface area contributed by atoms with Gasteiger partial charge in [0.1, 0.15) is 6.54 Å². The van der Waals surface area contributed by atoms with E-state index in [-0.39, 0.29) is 24.9 Å². The lowest BCUT2D eigenvalue weighted by atomic mass is 10.0. The lowest BCUT2D eigenvalue weighted by molar-refractivity contribution is -0.873. The van der Waals surface area contributed by atoms with Gasteiger partial charge in [0.2, 0.25) is 0 Å². The highest BCUT2D eigenvalue weighted by Crippen LogP contribution is 2.14. The van der Waals surface area contributed by atoms with Crippen molar-refractivity contribution in [2.45, 2.75) is 103 Å². The molecule has 0 aliphatic carbocycles. The topological polar surface area (TPSA) is 83.8 Å². The number of rotatable bonds is 18. The van der Waals surface area contributed by atoms with Gasteiger partial charge in [0.25, 0.3) is 0 Å². The maximum Gasteiger partial charge on any atom is 0.307 e. The van der Waals surface area contributed by atoms with Crippen LogP contribution >= 0.6 is 0 Å². The molecule has 0 aliphatic heterocycles. The van der Waals surface area contributed by atoms with Crippen LogP contribution in [0.25, 0.3) is 0 Å². The van der Waals surface area contributed by atoms with Crippen molar-refractivity contribution in [3.63, 3.8) is 0 Å². The first-order valence-electron chi connectivity index (χ1n) is 11.0. The molecule has 0 radical (unpaired) electrons. The summed E-state index contributed by atoms with van der Waals surface area (Å²) in [7, 11) is 5.80. The zero-order valence-corrected chi connectivity index (χ0v) is 18.6. The highest BCUT2D eigenvalue weighted by Gasteiger charge is 2.24. The van der Waals surface area contributed by atoms with Crippen molar-refractivity contribution in [1.29, 1.82) is 0 Å². The molecule has 2 atom stereocenters. The van der Waals surface area contributed by atoms with Crippen LogP contribution in [0.1, 0.15) is 90.4 Å². The number of ether oxygens (including phenoxy) is 1. The summed E-state index contributed by atoms with van der Waals surface area (Å²) in [5.74, 6) is -1.34. The summed E-state index contributed by atoms with van der Waals surface area (Å²) < 4.78 is 5.89. The number of hydrogen-bond donors (Lipinski definition) is 2. The van der Waals surface area contributed by atoms with Gasteiger partial charge in [0.05, 0.1) is 33.7 Å². The molecular weight excluding hydrogens is 358 g/mol. The van der Waals surface area contributed by atoms with Gasteiger partial charge in [0.15, 0.2) is 6.10 Å². The fourth-order valence-corrected chi connectivity index (χ4v) is 3.33. The van der Waals surface area contributed by atoms with E-state index in [0.29, 0.717) is 23.9 Å². The number of carbonyl (C=O) groups excluding carboxylic acids is 1. The van der Waals surface area contributed by atoms with Crippen molar-refractivity contribution >= 4 is 11.9 Å². The maximum absolute atomic E-state index is 12.0. The predicted molar refractivity (Wildman–Crippen MR) is 112 cm³/mol. The maximum atomic E-state index is 12.0.